The van der Waals surface area contributed by atoms with Crippen molar-refractivity contribution in [2.24, 2.45) is 0 Å². The van der Waals surface area contributed by atoms with Crippen molar-refractivity contribution in [3.05, 3.63) is 106 Å². The Morgan fingerprint density at radius 1 is 0.808 bits per heavy atom. The van der Waals surface area contributed by atoms with Crippen molar-refractivity contribution in [2.45, 2.75) is 12.0 Å². The van der Waals surface area contributed by atoms with Crippen molar-refractivity contribution >= 4 is 11.5 Å². The van der Waals surface area contributed by atoms with Crippen LogP contribution in [-0.2, 0) is 0 Å². The van der Waals surface area contributed by atoms with Gasteiger partial charge in [-0.15, -0.1) is 0 Å². The van der Waals surface area contributed by atoms with Crippen LogP contribution < -0.4 is 4.74 Å². The van der Waals surface area contributed by atoms with Gasteiger partial charge >= 0.3 is 0 Å². The maximum atomic E-state index is 13.2. The molecule has 1 heterocycles. The molecule has 0 bridgehead atoms. The number of hydrogen-bond acceptors (Lipinski definition) is 4. The Morgan fingerprint density at radius 2 is 1.46 bits per heavy atom. The molecule has 0 unspecified atom stereocenters. The van der Waals surface area contributed by atoms with E-state index in [-0.39, 0.29) is 11.5 Å². The topological polar surface area (TPSA) is 69.4 Å². The number of nitro groups is 1. The molecule has 128 valence electrons. The van der Waals surface area contributed by atoms with Gasteiger partial charge in [0.05, 0.1) is 16.4 Å². The highest BCUT2D eigenvalue weighted by molar-refractivity contribution is 6.04. The molecule has 5 heteroatoms. The highest BCUT2D eigenvalue weighted by atomic mass is 16.6. The third-order valence-electron chi connectivity index (χ3n) is 4.58. The van der Waals surface area contributed by atoms with E-state index >= 15 is 0 Å². The summed E-state index contributed by atoms with van der Waals surface area (Å²) in [6, 6.07) is 22.8. The van der Waals surface area contributed by atoms with E-state index < -0.39 is 16.9 Å². The van der Waals surface area contributed by atoms with Crippen molar-refractivity contribution < 1.29 is 14.5 Å². The first kappa shape index (κ1) is 16.0. The minimum Gasteiger partial charge on any atom is -0.484 e. The van der Waals surface area contributed by atoms with Crippen LogP contribution in [0.15, 0.2) is 78.9 Å². The fourth-order valence-corrected chi connectivity index (χ4v) is 3.32. The number of non-ortho nitro benzene ring substituents is 1. The Hall–Kier alpha value is -3.47. The van der Waals surface area contributed by atoms with E-state index in [0.717, 1.165) is 11.1 Å². The lowest BCUT2D eigenvalue weighted by Crippen LogP contribution is -2.30. The fraction of sp³-hybridized carbons (Fsp3) is 0.0952. The normalized spacial score (nSPS) is 18.7. The SMILES string of the molecule is O=C1c2ccccc2O[C@@H](c2ccc([N+](=O)[O-])cc2)[C@H]1c1ccccc1. The summed E-state index contributed by atoms with van der Waals surface area (Å²) in [4.78, 5) is 23.7. The molecule has 26 heavy (non-hydrogen) atoms. The van der Waals surface area contributed by atoms with Gasteiger partial charge in [-0.1, -0.05) is 42.5 Å². The van der Waals surface area contributed by atoms with Gasteiger partial charge in [0.15, 0.2) is 5.78 Å². The molecule has 1 aliphatic rings. The first-order chi connectivity index (χ1) is 12.6. The quantitative estimate of drug-likeness (QED) is 0.510. The van der Waals surface area contributed by atoms with E-state index in [1.54, 1.807) is 24.3 Å². The molecule has 4 rings (SSSR count). The second-order valence-corrected chi connectivity index (χ2v) is 6.14. The highest BCUT2D eigenvalue weighted by Gasteiger charge is 2.39. The maximum Gasteiger partial charge on any atom is 0.269 e. The van der Waals surface area contributed by atoms with Gasteiger partial charge < -0.3 is 4.74 Å². The van der Waals surface area contributed by atoms with Gasteiger partial charge in [0.25, 0.3) is 5.69 Å². The zero-order valence-corrected chi connectivity index (χ0v) is 13.7. The molecule has 0 spiro atoms. The van der Waals surface area contributed by atoms with E-state index in [0.29, 0.717) is 11.3 Å². The number of nitrogens with zero attached hydrogens (tertiary/aromatic N) is 1. The van der Waals surface area contributed by atoms with Crippen LogP contribution in [0, 0.1) is 10.1 Å². The number of fused-ring (bicyclic) bond motifs is 1. The Bertz CT molecular complexity index is 967. The predicted octanol–water partition coefficient (Wildman–Crippen LogP) is 4.70. The number of ether oxygens (including phenoxy) is 1. The molecule has 0 amide bonds. The molecule has 0 radical (unpaired) electrons. The van der Waals surface area contributed by atoms with Crippen molar-refractivity contribution in [3.63, 3.8) is 0 Å². The molecular formula is C21H15NO4. The summed E-state index contributed by atoms with van der Waals surface area (Å²) in [6.07, 6.45) is -0.541. The zero-order valence-electron chi connectivity index (χ0n) is 13.7. The predicted molar refractivity (Wildman–Crippen MR) is 96.4 cm³/mol. The van der Waals surface area contributed by atoms with Crippen LogP contribution >= 0.6 is 0 Å². The third kappa shape index (κ3) is 2.73. The summed E-state index contributed by atoms with van der Waals surface area (Å²) in [7, 11) is 0. The molecule has 3 aromatic carbocycles. The number of Topliss-reactive ketones (excluding diaryl/α,β-unsaturated/α-hetero) is 1. The summed E-state index contributed by atoms with van der Waals surface area (Å²) in [6.45, 7) is 0. The number of rotatable bonds is 3. The zero-order chi connectivity index (χ0) is 18.1. The molecule has 0 N–H and O–H groups in total. The standard InChI is InChI=1S/C21H15NO4/c23-20-17-8-4-5-9-18(17)26-21(19(20)14-6-2-1-3-7-14)15-10-12-16(13-11-15)22(24)25/h1-13,19,21H/t19-,21-/m0/s1. The van der Waals surface area contributed by atoms with Crippen molar-refractivity contribution in [1.82, 2.24) is 0 Å². The Labute approximate surface area is 150 Å². The molecule has 0 aromatic heterocycles. The highest BCUT2D eigenvalue weighted by Crippen LogP contribution is 2.43. The minimum absolute atomic E-state index is 0.00699. The number of hydrogen-bond donors (Lipinski definition) is 0. The largest absolute Gasteiger partial charge is 0.484 e. The maximum absolute atomic E-state index is 13.2. The number of nitro benzene ring substituents is 1. The van der Waals surface area contributed by atoms with E-state index in [4.69, 9.17) is 4.74 Å². The summed E-state index contributed by atoms with van der Waals surface area (Å²) in [5, 5.41) is 10.9. The van der Waals surface area contributed by atoms with E-state index in [2.05, 4.69) is 0 Å². The van der Waals surface area contributed by atoms with Crippen molar-refractivity contribution in [1.29, 1.82) is 0 Å². The molecule has 0 saturated heterocycles. The minimum atomic E-state index is -0.541. The molecule has 1 aliphatic heterocycles. The first-order valence-electron chi connectivity index (χ1n) is 8.24. The average Bonchev–Trinajstić information content (AvgIpc) is 2.68. The smallest absolute Gasteiger partial charge is 0.269 e. The van der Waals surface area contributed by atoms with Crippen LogP contribution in [0.2, 0.25) is 0 Å². The molecular weight excluding hydrogens is 330 g/mol. The lowest BCUT2D eigenvalue weighted by molar-refractivity contribution is -0.384. The number of ketones is 1. The number of carbonyl (C=O) groups is 1. The van der Waals surface area contributed by atoms with Gasteiger partial charge in [0.1, 0.15) is 11.9 Å². The van der Waals surface area contributed by atoms with Gasteiger partial charge in [0, 0.05) is 12.1 Å². The van der Waals surface area contributed by atoms with Crippen molar-refractivity contribution in [3.8, 4) is 5.75 Å². The van der Waals surface area contributed by atoms with Gasteiger partial charge in [-0.05, 0) is 35.4 Å². The van der Waals surface area contributed by atoms with E-state index in [1.807, 2.05) is 42.5 Å². The second-order valence-electron chi connectivity index (χ2n) is 6.14. The number of benzene rings is 3. The lowest BCUT2D eigenvalue weighted by atomic mass is 9.81. The summed E-state index contributed by atoms with van der Waals surface area (Å²) >= 11 is 0. The van der Waals surface area contributed by atoms with Gasteiger partial charge in [-0.2, -0.15) is 0 Å². The van der Waals surface area contributed by atoms with Crippen LogP contribution in [0.5, 0.6) is 5.75 Å². The van der Waals surface area contributed by atoms with Crippen molar-refractivity contribution in [2.75, 3.05) is 0 Å². The number of para-hydroxylation sites is 1. The van der Waals surface area contributed by atoms with Crippen LogP contribution in [0.1, 0.15) is 33.5 Å². The average molecular weight is 345 g/mol. The summed E-state index contributed by atoms with van der Waals surface area (Å²) < 4.78 is 6.17. The molecule has 2 atom stereocenters. The monoisotopic (exact) mass is 345 g/mol. The molecule has 0 saturated carbocycles. The lowest BCUT2D eigenvalue weighted by Gasteiger charge is -2.33. The summed E-state index contributed by atoms with van der Waals surface area (Å²) in [5.74, 6) is 0.0157. The fourth-order valence-electron chi connectivity index (χ4n) is 3.32. The summed E-state index contributed by atoms with van der Waals surface area (Å²) in [5.41, 5.74) is 2.15. The van der Waals surface area contributed by atoms with Crippen LogP contribution in [0.25, 0.3) is 0 Å². The molecule has 5 nitrogen and oxygen atoms in total. The van der Waals surface area contributed by atoms with E-state index in [1.165, 1.54) is 12.1 Å². The molecule has 3 aromatic rings. The Morgan fingerprint density at radius 3 is 2.15 bits per heavy atom. The Balaban J connectivity index is 1.82. The third-order valence-corrected chi connectivity index (χ3v) is 4.58. The first-order valence-corrected chi connectivity index (χ1v) is 8.24. The van der Waals surface area contributed by atoms with Gasteiger partial charge in [0.2, 0.25) is 0 Å². The van der Waals surface area contributed by atoms with Crippen LogP contribution in [-0.4, -0.2) is 10.7 Å². The van der Waals surface area contributed by atoms with Crippen LogP contribution in [0.4, 0.5) is 5.69 Å². The number of carbonyl (C=O) groups excluding carboxylic acids is 1. The van der Waals surface area contributed by atoms with Gasteiger partial charge in [-0.3, -0.25) is 14.9 Å². The van der Waals surface area contributed by atoms with Gasteiger partial charge in [-0.25, -0.2) is 0 Å². The molecule has 0 aliphatic carbocycles. The van der Waals surface area contributed by atoms with Crippen LogP contribution in [0.3, 0.4) is 0 Å². The molecule has 0 fully saturated rings. The second kappa shape index (κ2) is 6.44. The van der Waals surface area contributed by atoms with E-state index in [9.17, 15) is 14.9 Å². The Kier molecular flexibility index (Phi) is 3.97.